The van der Waals surface area contributed by atoms with Crippen LogP contribution in [0.4, 0.5) is 0 Å². The van der Waals surface area contributed by atoms with Crippen LogP contribution in [0.5, 0.6) is 5.75 Å². The summed E-state index contributed by atoms with van der Waals surface area (Å²) in [6, 6.07) is 7.38. The van der Waals surface area contributed by atoms with Crippen LogP contribution in [0, 0.1) is 0 Å². The molecule has 0 atom stereocenters. The fourth-order valence-electron chi connectivity index (χ4n) is 1.48. The summed E-state index contributed by atoms with van der Waals surface area (Å²) >= 11 is 4.88. The van der Waals surface area contributed by atoms with Gasteiger partial charge in [0.2, 0.25) is 5.76 Å². The van der Waals surface area contributed by atoms with E-state index in [9.17, 15) is 0 Å². The lowest BCUT2D eigenvalue weighted by Crippen LogP contribution is -2.11. The topological polar surface area (TPSA) is 68.6 Å². The van der Waals surface area contributed by atoms with Crippen molar-refractivity contribution in [2.24, 2.45) is 5.73 Å². The number of nitrogens with two attached hydrogens (primary N) is 1. The molecule has 0 saturated heterocycles. The third-order valence-electron chi connectivity index (χ3n) is 2.11. The third kappa shape index (κ3) is 1.87. The molecule has 0 fully saturated rings. The SMILES string of the molecule is NC(=S)c1oc2ccccc2c1OCCO. The number of thiocarbonyl (C=S) groups is 1. The zero-order chi connectivity index (χ0) is 11.5. The van der Waals surface area contributed by atoms with Gasteiger partial charge in [-0.2, -0.15) is 0 Å². The molecule has 84 valence electrons. The van der Waals surface area contributed by atoms with Crippen LogP contribution in [-0.2, 0) is 0 Å². The standard InChI is InChI=1S/C11H11NO3S/c12-11(16)10-9(14-6-5-13)7-3-1-2-4-8(7)15-10/h1-4,13H,5-6H2,(H2,12,16). The summed E-state index contributed by atoms with van der Waals surface area (Å²) in [6.45, 7) is 0.107. The maximum absolute atomic E-state index is 8.75. The second kappa shape index (κ2) is 4.51. The first-order valence-electron chi connectivity index (χ1n) is 4.79. The van der Waals surface area contributed by atoms with Gasteiger partial charge in [0.1, 0.15) is 17.2 Å². The molecule has 0 aliphatic carbocycles. The number of rotatable bonds is 4. The maximum atomic E-state index is 8.75. The first-order chi connectivity index (χ1) is 7.74. The fraction of sp³-hybridized carbons (Fsp3) is 0.182. The van der Waals surface area contributed by atoms with E-state index < -0.39 is 0 Å². The minimum Gasteiger partial charge on any atom is -0.486 e. The second-order valence-corrected chi connectivity index (χ2v) is 3.63. The lowest BCUT2D eigenvalue weighted by atomic mass is 10.2. The van der Waals surface area contributed by atoms with Crippen LogP contribution in [0.2, 0.25) is 0 Å². The minimum absolute atomic E-state index is 0.0731. The molecule has 1 aromatic carbocycles. The van der Waals surface area contributed by atoms with Crippen LogP contribution >= 0.6 is 12.2 Å². The summed E-state index contributed by atoms with van der Waals surface area (Å²) < 4.78 is 10.9. The summed E-state index contributed by atoms with van der Waals surface area (Å²) in [7, 11) is 0. The molecule has 0 bridgehead atoms. The quantitative estimate of drug-likeness (QED) is 0.787. The van der Waals surface area contributed by atoms with Gasteiger partial charge < -0.3 is 20.0 Å². The van der Waals surface area contributed by atoms with E-state index in [0.717, 1.165) is 5.39 Å². The monoisotopic (exact) mass is 237 g/mol. The molecule has 5 heteroatoms. The first kappa shape index (κ1) is 10.9. The zero-order valence-corrected chi connectivity index (χ0v) is 9.29. The van der Waals surface area contributed by atoms with Crippen molar-refractivity contribution < 1.29 is 14.3 Å². The summed E-state index contributed by atoms with van der Waals surface area (Å²) in [4.78, 5) is 0.143. The minimum atomic E-state index is -0.0731. The van der Waals surface area contributed by atoms with Gasteiger partial charge in [-0.25, -0.2) is 0 Å². The molecule has 0 unspecified atom stereocenters. The van der Waals surface area contributed by atoms with E-state index in [-0.39, 0.29) is 18.2 Å². The van der Waals surface area contributed by atoms with Crippen LogP contribution < -0.4 is 10.5 Å². The van der Waals surface area contributed by atoms with E-state index in [0.29, 0.717) is 17.1 Å². The normalized spacial score (nSPS) is 10.6. The Kier molecular flexibility index (Phi) is 3.07. The highest BCUT2D eigenvalue weighted by Gasteiger charge is 2.16. The van der Waals surface area contributed by atoms with Gasteiger partial charge in [0.15, 0.2) is 5.75 Å². The van der Waals surface area contributed by atoms with E-state index in [4.69, 9.17) is 32.2 Å². The van der Waals surface area contributed by atoms with Crippen molar-refractivity contribution in [3.63, 3.8) is 0 Å². The molecule has 2 rings (SSSR count). The Bertz CT molecular complexity index is 521. The summed E-state index contributed by atoms with van der Waals surface area (Å²) in [6.07, 6.45) is 0. The highest BCUT2D eigenvalue weighted by atomic mass is 32.1. The van der Waals surface area contributed by atoms with Crippen molar-refractivity contribution >= 4 is 28.2 Å². The molecule has 1 heterocycles. The number of hydrogen-bond acceptors (Lipinski definition) is 4. The first-order valence-corrected chi connectivity index (χ1v) is 5.20. The van der Waals surface area contributed by atoms with Crippen molar-refractivity contribution in [2.75, 3.05) is 13.2 Å². The molecular formula is C11H11NO3S. The molecule has 2 aromatic rings. The number of fused-ring (bicyclic) bond motifs is 1. The van der Waals surface area contributed by atoms with Crippen molar-refractivity contribution in [1.82, 2.24) is 0 Å². The number of hydrogen-bond donors (Lipinski definition) is 2. The van der Waals surface area contributed by atoms with Crippen LogP contribution in [0.25, 0.3) is 11.0 Å². The molecule has 16 heavy (non-hydrogen) atoms. The molecule has 0 aliphatic rings. The summed E-state index contributed by atoms with van der Waals surface area (Å²) in [5.41, 5.74) is 6.21. The van der Waals surface area contributed by atoms with E-state index >= 15 is 0 Å². The predicted octanol–water partition coefficient (Wildman–Crippen LogP) is 1.44. The molecule has 0 saturated carbocycles. The van der Waals surface area contributed by atoms with E-state index in [1.807, 2.05) is 24.3 Å². The number of benzene rings is 1. The van der Waals surface area contributed by atoms with Gasteiger partial charge in [-0.05, 0) is 12.1 Å². The number of para-hydroxylation sites is 1. The maximum Gasteiger partial charge on any atom is 0.204 e. The second-order valence-electron chi connectivity index (χ2n) is 3.19. The highest BCUT2D eigenvalue weighted by molar-refractivity contribution is 7.80. The molecule has 3 N–H and O–H groups in total. The zero-order valence-electron chi connectivity index (χ0n) is 8.47. The molecule has 0 amide bonds. The van der Waals surface area contributed by atoms with Gasteiger partial charge in [-0.1, -0.05) is 24.4 Å². The fourth-order valence-corrected chi connectivity index (χ4v) is 1.61. The van der Waals surface area contributed by atoms with Gasteiger partial charge in [-0.15, -0.1) is 0 Å². The Balaban J connectivity index is 2.55. The number of furan rings is 1. The van der Waals surface area contributed by atoms with E-state index in [1.54, 1.807) is 0 Å². The number of ether oxygens (including phenoxy) is 1. The van der Waals surface area contributed by atoms with E-state index in [2.05, 4.69) is 0 Å². The van der Waals surface area contributed by atoms with Crippen molar-refractivity contribution in [3.8, 4) is 5.75 Å². The average molecular weight is 237 g/mol. The van der Waals surface area contributed by atoms with Crippen LogP contribution in [0.3, 0.4) is 0 Å². The Morgan fingerprint density at radius 2 is 2.19 bits per heavy atom. The van der Waals surface area contributed by atoms with Gasteiger partial charge in [0, 0.05) is 0 Å². The van der Waals surface area contributed by atoms with Crippen molar-refractivity contribution in [3.05, 3.63) is 30.0 Å². The Labute approximate surface area is 97.6 Å². The Morgan fingerprint density at radius 3 is 2.88 bits per heavy atom. The van der Waals surface area contributed by atoms with Gasteiger partial charge in [-0.3, -0.25) is 0 Å². The van der Waals surface area contributed by atoms with Crippen LogP contribution in [0.15, 0.2) is 28.7 Å². The number of aliphatic hydroxyl groups excluding tert-OH is 1. The predicted molar refractivity (Wildman–Crippen MR) is 64.7 cm³/mol. The molecule has 1 aromatic heterocycles. The molecule has 0 aliphatic heterocycles. The lowest BCUT2D eigenvalue weighted by molar-refractivity contribution is 0.201. The molecule has 0 spiro atoms. The van der Waals surface area contributed by atoms with Crippen molar-refractivity contribution in [2.45, 2.75) is 0 Å². The molecule has 0 radical (unpaired) electrons. The largest absolute Gasteiger partial charge is 0.486 e. The van der Waals surface area contributed by atoms with Gasteiger partial charge >= 0.3 is 0 Å². The summed E-state index contributed by atoms with van der Waals surface area (Å²) in [5, 5.41) is 9.55. The van der Waals surface area contributed by atoms with E-state index in [1.165, 1.54) is 0 Å². The van der Waals surface area contributed by atoms with Crippen LogP contribution in [0.1, 0.15) is 5.76 Å². The number of aliphatic hydroxyl groups is 1. The van der Waals surface area contributed by atoms with Crippen LogP contribution in [-0.4, -0.2) is 23.3 Å². The third-order valence-corrected chi connectivity index (χ3v) is 2.30. The Morgan fingerprint density at radius 1 is 1.44 bits per heavy atom. The molecule has 4 nitrogen and oxygen atoms in total. The molecular weight excluding hydrogens is 226 g/mol. The average Bonchev–Trinajstić information content (AvgIpc) is 2.65. The smallest absolute Gasteiger partial charge is 0.204 e. The highest BCUT2D eigenvalue weighted by Crippen LogP contribution is 2.32. The van der Waals surface area contributed by atoms with Gasteiger partial charge in [0.25, 0.3) is 0 Å². The van der Waals surface area contributed by atoms with Crippen molar-refractivity contribution in [1.29, 1.82) is 0 Å². The van der Waals surface area contributed by atoms with Gasteiger partial charge in [0.05, 0.1) is 12.0 Å². The summed E-state index contributed by atoms with van der Waals surface area (Å²) in [5.74, 6) is 0.849. The lowest BCUT2D eigenvalue weighted by Gasteiger charge is -2.03. The Hall–Kier alpha value is -1.59.